The Morgan fingerprint density at radius 2 is 1.95 bits per heavy atom. The highest BCUT2D eigenvalue weighted by molar-refractivity contribution is 7.19. The van der Waals surface area contributed by atoms with Gasteiger partial charge in [-0.1, -0.05) is 44.9 Å². The predicted molar refractivity (Wildman–Crippen MR) is 95.1 cm³/mol. The van der Waals surface area contributed by atoms with Crippen LogP contribution < -0.4 is 5.32 Å². The molecular weight excluding hydrogens is 276 g/mol. The molecule has 3 heteroatoms. The van der Waals surface area contributed by atoms with Crippen LogP contribution in [0.3, 0.4) is 0 Å². The van der Waals surface area contributed by atoms with Gasteiger partial charge in [0.15, 0.2) is 0 Å². The molecule has 0 atom stereocenters. The second-order valence-electron chi connectivity index (χ2n) is 5.73. The molecule has 0 spiro atoms. The predicted octanol–water partition coefficient (Wildman–Crippen LogP) is 4.63. The Morgan fingerprint density at radius 1 is 1.14 bits per heavy atom. The van der Waals surface area contributed by atoms with Crippen molar-refractivity contribution < 1.29 is 0 Å². The van der Waals surface area contributed by atoms with E-state index in [1.807, 2.05) is 11.3 Å². The first-order valence-corrected chi connectivity index (χ1v) is 8.96. The number of nitrogens with zero attached hydrogens (tertiary/aromatic N) is 1. The van der Waals surface area contributed by atoms with Gasteiger partial charge in [-0.2, -0.15) is 0 Å². The van der Waals surface area contributed by atoms with Crippen molar-refractivity contribution in [2.45, 2.75) is 46.2 Å². The van der Waals surface area contributed by atoms with Gasteiger partial charge in [0, 0.05) is 22.7 Å². The molecule has 0 bridgehead atoms. The third-order valence-electron chi connectivity index (χ3n) is 3.89. The van der Waals surface area contributed by atoms with E-state index in [-0.39, 0.29) is 0 Å². The fourth-order valence-corrected chi connectivity index (χ4v) is 3.87. The van der Waals surface area contributed by atoms with Gasteiger partial charge in [0.2, 0.25) is 0 Å². The highest BCUT2D eigenvalue weighted by atomic mass is 32.1. The summed E-state index contributed by atoms with van der Waals surface area (Å²) in [5, 5.41) is 4.93. The summed E-state index contributed by atoms with van der Waals surface area (Å²) >= 11 is 1.95. The Balaban J connectivity index is 2.15. The number of hydrogen-bond donors (Lipinski definition) is 1. The highest BCUT2D eigenvalue weighted by Crippen LogP contribution is 2.32. The minimum absolute atomic E-state index is 0.994. The SMILES string of the molecule is CCCCCN(C)Cc1c(CNCC)sc2ccccc12. The van der Waals surface area contributed by atoms with E-state index >= 15 is 0 Å². The molecular formula is C18H28N2S. The van der Waals surface area contributed by atoms with Crippen LogP contribution in [-0.2, 0) is 13.1 Å². The number of fused-ring (bicyclic) bond motifs is 1. The molecule has 1 aromatic heterocycles. The van der Waals surface area contributed by atoms with Crippen LogP contribution in [0.1, 0.15) is 43.6 Å². The maximum absolute atomic E-state index is 3.48. The van der Waals surface area contributed by atoms with Crippen molar-refractivity contribution >= 4 is 21.4 Å². The van der Waals surface area contributed by atoms with Crippen LogP contribution in [-0.4, -0.2) is 25.0 Å². The zero-order valence-corrected chi connectivity index (χ0v) is 14.4. The summed E-state index contributed by atoms with van der Waals surface area (Å²) in [6, 6.07) is 8.82. The fraction of sp³-hybridized carbons (Fsp3) is 0.556. The lowest BCUT2D eigenvalue weighted by Crippen LogP contribution is -2.20. The summed E-state index contributed by atoms with van der Waals surface area (Å²) in [7, 11) is 2.25. The molecule has 116 valence electrons. The molecule has 0 aliphatic heterocycles. The normalized spacial score (nSPS) is 11.6. The van der Waals surface area contributed by atoms with Gasteiger partial charge in [-0.25, -0.2) is 0 Å². The first kappa shape index (κ1) is 16.5. The summed E-state index contributed by atoms with van der Waals surface area (Å²) < 4.78 is 1.42. The van der Waals surface area contributed by atoms with E-state index in [4.69, 9.17) is 0 Å². The Labute approximate surface area is 133 Å². The molecule has 2 rings (SSSR count). The molecule has 2 aromatic rings. The van der Waals surface area contributed by atoms with Crippen molar-refractivity contribution in [1.29, 1.82) is 0 Å². The van der Waals surface area contributed by atoms with Crippen LogP contribution in [0, 0.1) is 0 Å². The van der Waals surface area contributed by atoms with Crippen LogP contribution in [0.4, 0.5) is 0 Å². The molecule has 0 amide bonds. The summed E-state index contributed by atoms with van der Waals surface area (Å²) in [4.78, 5) is 3.97. The van der Waals surface area contributed by atoms with E-state index in [1.54, 1.807) is 0 Å². The number of thiophene rings is 1. The van der Waals surface area contributed by atoms with Gasteiger partial charge in [0.05, 0.1) is 0 Å². The molecule has 1 N–H and O–H groups in total. The summed E-state index contributed by atoms with van der Waals surface area (Å²) in [5.74, 6) is 0. The van der Waals surface area contributed by atoms with E-state index in [9.17, 15) is 0 Å². The monoisotopic (exact) mass is 304 g/mol. The summed E-state index contributed by atoms with van der Waals surface area (Å²) in [6.45, 7) is 8.71. The van der Waals surface area contributed by atoms with Crippen LogP contribution in [0.5, 0.6) is 0 Å². The second kappa shape index (κ2) is 8.52. The molecule has 0 aliphatic carbocycles. The maximum Gasteiger partial charge on any atom is 0.0349 e. The van der Waals surface area contributed by atoms with E-state index < -0.39 is 0 Å². The van der Waals surface area contributed by atoms with Crippen molar-refractivity contribution in [2.24, 2.45) is 0 Å². The molecule has 0 saturated heterocycles. The lowest BCUT2D eigenvalue weighted by molar-refractivity contribution is 0.318. The van der Waals surface area contributed by atoms with E-state index in [0.29, 0.717) is 0 Å². The lowest BCUT2D eigenvalue weighted by atomic mass is 10.1. The van der Waals surface area contributed by atoms with Gasteiger partial charge in [-0.15, -0.1) is 11.3 Å². The Bertz CT molecular complexity index is 547. The van der Waals surface area contributed by atoms with Crippen molar-refractivity contribution in [1.82, 2.24) is 10.2 Å². The standard InChI is InChI=1S/C18H28N2S/c1-4-6-9-12-20(3)14-16-15-10-7-8-11-17(15)21-18(16)13-19-5-2/h7-8,10-11,19H,4-6,9,12-14H2,1-3H3. The Kier molecular flexibility index (Phi) is 6.68. The van der Waals surface area contributed by atoms with E-state index in [0.717, 1.165) is 19.6 Å². The minimum atomic E-state index is 0.994. The third-order valence-corrected chi connectivity index (χ3v) is 5.10. The van der Waals surface area contributed by atoms with Gasteiger partial charge in [-0.3, -0.25) is 0 Å². The second-order valence-corrected chi connectivity index (χ2v) is 6.86. The van der Waals surface area contributed by atoms with Crippen molar-refractivity contribution in [3.05, 3.63) is 34.7 Å². The molecule has 1 aromatic carbocycles. The smallest absolute Gasteiger partial charge is 0.0349 e. The number of rotatable bonds is 9. The van der Waals surface area contributed by atoms with Crippen molar-refractivity contribution in [3.63, 3.8) is 0 Å². The van der Waals surface area contributed by atoms with Crippen LogP contribution in [0.2, 0.25) is 0 Å². The Hall–Kier alpha value is -0.900. The van der Waals surface area contributed by atoms with Crippen molar-refractivity contribution in [3.8, 4) is 0 Å². The van der Waals surface area contributed by atoms with E-state index in [2.05, 4.69) is 55.4 Å². The van der Waals surface area contributed by atoms with Gasteiger partial charge in [0.1, 0.15) is 0 Å². The largest absolute Gasteiger partial charge is 0.312 e. The molecule has 0 unspecified atom stereocenters. The first-order chi connectivity index (χ1) is 10.3. The summed E-state index contributed by atoms with van der Waals surface area (Å²) in [6.07, 6.45) is 3.93. The molecule has 21 heavy (non-hydrogen) atoms. The lowest BCUT2D eigenvalue weighted by Gasteiger charge is -2.17. The molecule has 0 saturated carbocycles. The summed E-state index contributed by atoms with van der Waals surface area (Å²) in [5.41, 5.74) is 1.52. The van der Waals surface area contributed by atoms with E-state index in [1.165, 1.54) is 46.3 Å². The minimum Gasteiger partial charge on any atom is -0.312 e. The van der Waals surface area contributed by atoms with Crippen LogP contribution in [0.25, 0.3) is 10.1 Å². The number of nitrogens with one attached hydrogen (secondary N) is 1. The highest BCUT2D eigenvalue weighted by Gasteiger charge is 2.13. The molecule has 0 radical (unpaired) electrons. The third kappa shape index (κ3) is 4.53. The number of unbranched alkanes of at least 4 members (excludes halogenated alkanes) is 2. The van der Waals surface area contributed by atoms with Crippen LogP contribution in [0.15, 0.2) is 24.3 Å². The molecule has 0 aliphatic rings. The Morgan fingerprint density at radius 3 is 2.71 bits per heavy atom. The van der Waals surface area contributed by atoms with Gasteiger partial charge in [-0.05, 0) is 43.6 Å². The zero-order valence-electron chi connectivity index (χ0n) is 13.6. The van der Waals surface area contributed by atoms with Gasteiger partial charge >= 0.3 is 0 Å². The maximum atomic E-state index is 3.48. The number of hydrogen-bond acceptors (Lipinski definition) is 3. The first-order valence-electron chi connectivity index (χ1n) is 8.14. The molecule has 0 fully saturated rings. The van der Waals surface area contributed by atoms with Crippen molar-refractivity contribution in [2.75, 3.05) is 20.1 Å². The molecule has 1 heterocycles. The number of benzene rings is 1. The topological polar surface area (TPSA) is 15.3 Å². The van der Waals surface area contributed by atoms with Gasteiger partial charge < -0.3 is 10.2 Å². The molecule has 2 nitrogen and oxygen atoms in total. The van der Waals surface area contributed by atoms with Crippen LogP contribution >= 0.6 is 11.3 Å². The quantitative estimate of drug-likeness (QED) is 0.679. The zero-order chi connectivity index (χ0) is 15.1. The van der Waals surface area contributed by atoms with Gasteiger partial charge in [0.25, 0.3) is 0 Å². The average Bonchev–Trinajstić information content (AvgIpc) is 2.83. The average molecular weight is 305 g/mol. The fourth-order valence-electron chi connectivity index (χ4n) is 2.68.